The Morgan fingerprint density at radius 1 is 1.38 bits per heavy atom. The monoisotopic (exact) mass is 285 g/mol. The minimum absolute atomic E-state index is 0.331. The summed E-state index contributed by atoms with van der Waals surface area (Å²) in [4.78, 5) is 18.4. The van der Waals surface area contributed by atoms with Gasteiger partial charge in [0.25, 0.3) is 0 Å². The minimum atomic E-state index is -0.673. The van der Waals surface area contributed by atoms with Crippen LogP contribution < -0.4 is 0 Å². The molecule has 2 aromatic rings. The third kappa shape index (κ3) is 2.12. The van der Waals surface area contributed by atoms with Crippen LogP contribution in [-0.4, -0.2) is 37.9 Å². The Kier molecular flexibility index (Phi) is 2.96. The highest BCUT2D eigenvalue weighted by atomic mass is 16.4. The first-order chi connectivity index (χ1) is 10.2. The zero-order valence-electron chi connectivity index (χ0n) is 11.9. The summed E-state index contributed by atoms with van der Waals surface area (Å²) in [5, 5.41) is 9.58. The Bertz CT molecular complexity index is 648. The van der Waals surface area contributed by atoms with Crippen molar-refractivity contribution in [3.05, 3.63) is 36.3 Å². The molecule has 1 saturated heterocycles. The maximum Gasteiger partial charge on any atom is 0.321 e. The van der Waals surface area contributed by atoms with E-state index in [0.29, 0.717) is 18.4 Å². The molecule has 0 bridgehead atoms. The van der Waals surface area contributed by atoms with E-state index < -0.39 is 5.97 Å². The number of carbonyl (C=O) groups is 1. The molecule has 0 radical (unpaired) electrons. The van der Waals surface area contributed by atoms with Crippen molar-refractivity contribution in [3.8, 4) is 0 Å². The molecular formula is C16H19N3O2. The third-order valence-corrected chi connectivity index (χ3v) is 5.02. The first-order valence-electron chi connectivity index (χ1n) is 7.62. The summed E-state index contributed by atoms with van der Waals surface area (Å²) in [5.74, 6) is 0.218. The Morgan fingerprint density at radius 3 is 3.10 bits per heavy atom. The molecule has 5 nitrogen and oxygen atoms in total. The van der Waals surface area contributed by atoms with E-state index in [-0.39, 0.29) is 6.04 Å². The van der Waals surface area contributed by atoms with Crippen LogP contribution in [-0.2, 0) is 11.3 Å². The molecule has 1 saturated carbocycles. The third-order valence-electron chi connectivity index (χ3n) is 5.02. The van der Waals surface area contributed by atoms with Crippen LogP contribution in [0.2, 0.25) is 0 Å². The van der Waals surface area contributed by atoms with Crippen molar-refractivity contribution in [2.24, 2.45) is 11.8 Å². The SMILES string of the molecule is O=C(O)C1C2CCCC2CN1Cc1cn2ccccc2n1. The fraction of sp³-hybridized carbons (Fsp3) is 0.500. The second-order valence-corrected chi connectivity index (χ2v) is 6.27. The van der Waals surface area contributed by atoms with Gasteiger partial charge in [0.05, 0.1) is 5.69 Å². The number of imidazole rings is 1. The second-order valence-electron chi connectivity index (χ2n) is 6.27. The summed E-state index contributed by atoms with van der Waals surface area (Å²) in [5.41, 5.74) is 1.87. The number of pyridine rings is 1. The van der Waals surface area contributed by atoms with E-state index >= 15 is 0 Å². The molecule has 0 spiro atoms. The summed E-state index contributed by atoms with van der Waals surface area (Å²) in [6.07, 6.45) is 7.39. The van der Waals surface area contributed by atoms with E-state index in [1.165, 1.54) is 12.8 Å². The van der Waals surface area contributed by atoms with E-state index in [1.807, 2.05) is 35.0 Å². The van der Waals surface area contributed by atoms with Gasteiger partial charge in [0.1, 0.15) is 11.7 Å². The number of aliphatic carboxylic acids is 1. The van der Waals surface area contributed by atoms with Gasteiger partial charge in [-0.15, -0.1) is 0 Å². The maximum atomic E-state index is 11.6. The maximum absolute atomic E-state index is 11.6. The van der Waals surface area contributed by atoms with Crippen molar-refractivity contribution >= 4 is 11.6 Å². The first kappa shape index (κ1) is 12.8. The molecule has 0 amide bonds. The molecule has 2 aromatic heterocycles. The molecule has 1 aliphatic carbocycles. The van der Waals surface area contributed by atoms with Crippen LogP contribution in [0.15, 0.2) is 30.6 Å². The number of carboxylic acid groups (broad SMARTS) is 1. The molecule has 3 atom stereocenters. The Morgan fingerprint density at radius 2 is 2.29 bits per heavy atom. The predicted octanol–water partition coefficient (Wildman–Crippen LogP) is 2.02. The Labute approximate surface area is 123 Å². The van der Waals surface area contributed by atoms with Crippen molar-refractivity contribution in [2.45, 2.75) is 31.8 Å². The van der Waals surface area contributed by atoms with Gasteiger partial charge in [-0.05, 0) is 36.8 Å². The van der Waals surface area contributed by atoms with Crippen molar-refractivity contribution in [1.82, 2.24) is 14.3 Å². The Balaban J connectivity index is 1.59. The fourth-order valence-electron chi connectivity index (χ4n) is 4.17. The van der Waals surface area contributed by atoms with E-state index in [4.69, 9.17) is 0 Å². The summed E-state index contributed by atoms with van der Waals surface area (Å²) in [7, 11) is 0. The average molecular weight is 285 g/mol. The highest BCUT2D eigenvalue weighted by molar-refractivity contribution is 5.74. The molecular weight excluding hydrogens is 266 g/mol. The molecule has 4 rings (SSSR count). The largest absolute Gasteiger partial charge is 0.480 e. The zero-order chi connectivity index (χ0) is 14.4. The van der Waals surface area contributed by atoms with Gasteiger partial charge in [-0.1, -0.05) is 12.5 Å². The second kappa shape index (κ2) is 4.84. The van der Waals surface area contributed by atoms with E-state index in [1.54, 1.807) is 0 Å². The van der Waals surface area contributed by atoms with Gasteiger partial charge in [0.15, 0.2) is 0 Å². The van der Waals surface area contributed by atoms with Crippen LogP contribution >= 0.6 is 0 Å². The van der Waals surface area contributed by atoms with Gasteiger partial charge >= 0.3 is 5.97 Å². The number of aromatic nitrogens is 2. The quantitative estimate of drug-likeness (QED) is 0.937. The molecule has 1 N–H and O–H groups in total. The lowest BCUT2D eigenvalue weighted by Crippen LogP contribution is -2.39. The summed E-state index contributed by atoms with van der Waals surface area (Å²) < 4.78 is 1.99. The highest BCUT2D eigenvalue weighted by Crippen LogP contribution is 2.42. The fourth-order valence-corrected chi connectivity index (χ4v) is 4.17. The minimum Gasteiger partial charge on any atom is -0.480 e. The van der Waals surface area contributed by atoms with Crippen LogP contribution in [0, 0.1) is 11.8 Å². The molecule has 5 heteroatoms. The normalized spacial score (nSPS) is 29.0. The lowest BCUT2D eigenvalue weighted by atomic mass is 9.94. The van der Waals surface area contributed by atoms with Crippen molar-refractivity contribution in [1.29, 1.82) is 0 Å². The van der Waals surface area contributed by atoms with E-state index in [0.717, 1.165) is 24.3 Å². The number of rotatable bonds is 3. The van der Waals surface area contributed by atoms with Crippen LogP contribution in [0.1, 0.15) is 25.0 Å². The van der Waals surface area contributed by atoms with Gasteiger partial charge in [0, 0.05) is 25.5 Å². The van der Waals surface area contributed by atoms with Gasteiger partial charge in [-0.2, -0.15) is 0 Å². The average Bonchev–Trinajstić information content (AvgIpc) is 3.10. The van der Waals surface area contributed by atoms with E-state index in [2.05, 4.69) is 9.88 Å². The number of carboxylic acids is 1. The predicted molar refractivity (Wildman–Crippen MR) is 77.9 cm³/mol. The standard InChI is InChI=1S/C16H19N3O2/c20-16(21)15-13-5-3-4-11(13)8-19(15)10-12-9-18-7-2-1-6-14(18)17-12/h1-2,6-7,9,11,13,15H,3-5,8,10H2,(H,20,21). The topological polar surface area (TPSA) is 57.8 Å². The van der Waals surface area contributed by atoms with Crippen molar-refractivity contribution in [3.63, 3.8) is 0 Å². The number of fused-ring (bicyclic) bond motifs is 2. The number of likely N-dealkylation sites (tertiary alicyclic amines) is 1. The summed E-state index contributed by atoms with van der Waals surface area (Å²) in [6.45, 7) is 1.53. The Hall–Kier alpha value is -1.88. The van der Waals surface area contributed by atoms with Gasteiger partial charge in [-0.25, -0.2) is 4.98 Å². The molecule has 3 unspecified atom stereocenters. The lowest BCUT2D eigenvalue weighted by molar-refractivity contribution is -0.143. The molecule has 3 heterocycles. The van der Waals surface area contributed by atoms with Crippen LogP contribution in [0.4, 0.5) is 0 Å². The van der Waals surface area contributed by atoms with Crippen LogP contribution in [0.25, 0.3) is 5.65 Å². The smallest absolute Gasteiger partial charge is 0.321 e. The van der Waals surface area contributed by atoms with Gasteiger partial charge in [-0.3, -0.25) is 9.69 Å². The summed E-state index contributed by atoms with van der Waals surface area (Å²) >= 11 is 0. The number of nitrogens with zero attached hydrogens (tertiary/aromatic N) is 3. The van der Waals surface area contributed by atoms with Gasteiger partial charge < -0.3 is 9.51 Å². The zero-order valence-corrected chi connectivity index (χ0v) is 11.9. The summed E-state index contributed by atoms with van der Waals surface area (Å²) in [6, 6.07) is 5.57. The molecule has 1 aliphatic heterocycles. The van der Waals surface area contributed by atoms with Crippen LogP contribution in [0.3, 0.4) is 0 Å². The number of hydrogen-bond acceptors (Lipinski definition) is 3. The lowest BCUT2D eigenvalue weighted by Gasteiger charge is -2.23. The number of hydrogen-bond donors (Lipinski definition) is 1. The van der Waals surface area contributed by atoms with Gasteiger partial charge in [0.2, 0.25) is 0 Å². The van der Waals surface area contributed by atoms with Crippen LogP contribution in [0.5, 0.6) is 0 Å². The molecule has 0 aromatic carbocycles. The highest BCUT2D eigenvalue weighted by Gasteiger charge is 2.47. The molecule has 21 heavy (non-hydrogen) atoms. The van der Waals surface area contributed by atoms with E-state index in [9.17, 15) is 9.90 Å². The van der Waals surface area contributed by atoms with Crippen molar-refractivity contribution in [2.75, 3.05) is 6.54 Å². The van der Waals surface area contributed by atoms with Crippen molar-refractivity contribution < 1.29 is 9.90 Å². The molecule has 2 aliphatic rings. The first-order valence-corrected chi connectivity index (χ1v) is 7.62. The molecule has 2 fully saturated rings. The molecule has 110 valence electrons.